The van der Waals surface area contributed by atoms with Gasteiger partial charge in [0.25, 0.3) is 0 Å². The minimum Gasteiger partial charge on any atom is -0.364 e. The van der Waals surface area contributed by atoms with Gasteiger partial charge in [0.1, 0.15) is 0 Å². The molecule has 1 aliphatic carbocycles. The van der Waals surface area contributed by atoms with Gasteiger partial charge in [-0.3, -0.25) is 9.59 Å². The predicted octanol–water partition coefficient (Wildman–Crippen LogP) is 2.99. The van der Waals surface area contributed by atoms with Crippen LogP contribution in [-0.4, -0.2) is 23.0 Å². The molecule has 0 bridgehead atoms. The third-order valence-corrected chi connectivity index (χ3v) is 5.55. The number of hydrogen-bond donors (Lipinski definition) is 0. The average molecular weight is 295 g/mol. The average Bonchev–Trinajstić information content (AvgIpc) is 2.46. The van der Waals surface area contributed by atoms with Gasteiger partial charge in [-0.1, -0.05) is 31.2 Å². The van der Waals surface area contributed by atoms with E-state index in [0.29, 0.717) is 24.3 Å². The molecule has 0 saturated heterocycles. The van der Waals surface area contributed by atoms with Crippen molar-refractivity contribution >= 4 is 11.6 Å². The molecule has 0 aromatic heterocycles. The van der Waals surface area contributed by atoms with Gasteiger partial charge in [0.05, 0.1) is 11.1 Å². The van der Waals surface area contributed by atoms with E-state index in [1.54, 1.807) is 0 Å². The van der Waals surface area contributed by atoms with Crippen LogP contribution in [0, 0.1) is 5.92 Å². The maximum atomic E-state index is 12.7. The molecule has 2 atom stereocenters. The van der Waals surface area contributed by atoms with Crippen molar-refractivity contribution in [3.63, 3.8) is 0 Å². The van der Waals surface area contributed by atoms with Crippen LogP contribution in [-0.2, 0) is 21.5 Å². The first kappa shape index (κ1) is 13.7. The van der Waals surface area contributed by atoms with E-state index in [-0.39, 0.29) is 17.1 Å². The number of benzene rings is 1. The number of nitrogens with zero attached hydrogens (tertiary/aromatic N) is 1. The number of rotatable bonds is 0. The topological polar surface area (TPSA) is 37.4 Å². The van der Waals surface area contributed by atoms with Gasteiger partial charge < -0.3 is 4.90 Å². The Hall–Kier alpha value is -1.90. The molecule has 22 heavy (non-hydrogen) atoms. The van der Waals surface area contributed by atoms with E-state index in [1.165, 1.54) is 11.1 Å². The molecule has 2 heterocycles. The van der Waals surface area contributed by atoms with Crippen LogP contribution < -0.4 is 0 Å². The molecule has 2 aliphatic heterocycles. The van der Waals surface area contributed by atoms with E-state index < -0.39 is 0 Å². The van der Waals surface area contributed by atoms with E-state index in [1.807, 2.05) is 0 Å². The Kier molecular flexibility index (Phi) is 2.84. The fourth-order valence-corrected chi connectivity index (χ4v) is 4.56. The first-order chi connectivity index (χ1) is 10.5. The highest BCUT2D eigenvalue weighted by molar-refractivity contribution is 6.22. The van der Waals surface area contributed by atoms with Gasteiger partial charge in [-0.15, -0.1) is 0 Å². The molecule has 0 radical (unpaired) electrons. The molecule has 3 aliphatic rings. The van der Waals surface area contributed by atoms with Crippen LogP contribution in [0.25, 0.3) is 0 Å². The molecule has 0 saturated carbocycles. The van der Waals surface area contributed by atoms with Crippen molar-refractivity contribution in [3.05, 3.63) is 46.7 Å². The van der Waals surface area contributed by atoms with Crippen molar-refractivity contribution in [1.29, 1.82) is 0 Å². The van der Waals surface area contributed by atoms with Gasteiger partial charge in [-0.2, -0.15) is 0 Å². The van der Waals surface area contributed by atoms with Crippen LogP contribution >= 0.6 is 0 Å². The molecular formula is C19H21NO2. The van der Waals surface area contributed by atoms with Gasteiger partial charge in [0, 0.05) is 25.1 Å². The maximum absolute atomic E-state index is 12.7. The monoisotopic (exact) mass is 295 g/mol. The standard InChI is InChI=1S/C19H21NO2/c1-12-9-15-18(16(21)10-12)17(22)11-19(2)14-6-4-3-5-13(14)7-8-20(15)19/h3-6,12H,7-11H2,1-2H3/t12-,19+/m0/s1. The zero-order valence-electron chi connectivity index (χ0n) is 13.2. The largest absolute Gasteiger partial charge is 0.364 e. The lowest BCUT2D eigenvalue weighted by Gasteiger charge is -2.52. The van der Waals surface area contributed by atoms with Crippen molar-refractivity contribution in [2.45, 2.75) is 45.1 Å². The van der Waals surface area contributed by atoms with Gasteiger partial charge in [-0.05, 0) is 36.8 Å². The van der Waals surface area contributed by atoms with Crippen molar-refractivity contribution in [1.82, 2.24) is 4.90 Å². The molecular weight excluding hydrogens is 274 g/mol. The Bertz CT molecular complexity index is 718. The zero-order valence-corrected chi connectivity index (χ0v) is 13.2. The van der Waals surface area contributed by atoms with E-state index in [0.717, 1.165) is 25.1 Å². The smallest absolute Gasteiger partial charge is 0.170 e. The molecule has 1 aromatic rings. The highest BCUT2D eigenvalue weighted by Crippen LogP contribution is 2.47. The summed E-state index contributed by atoms with van der Waals surface area (Å²) in [5, 5.41) is 0. The molecule has 0 fully saturated rings. The quantitative estimate of drug-likeness (QED) is 0.691. The Labute approximate surface area is 131 Å². The second kappa shape index (κ2) is 4.55. The summed E-state index contributed by atoms with van der Waals surface area (Å²) in [7, 11) is 0. The lowest BCUT2D eigenvalue weighted by atomic mass is 9.71. The molecule has 114 valence electrons. The number of Topliss-reactive ketones (excluding diaryl/α,β-unsaturated/α-hetero) is 2. The Morgan fingerprint density at radius 1 is 1.14 bits per heavy atom. The van der Waals surface area contributed by atoms with Gasteiger partial charge in [-0.25, -0.2) is 0 Å². The van der Waals surface area contributed by atoms with Crippen LogP contribution in [0.2, 0.25) is 0 Å². The first-order valence-electron chi connectivity index (χ1n) is 8.16. The second-order valence-corrected chi connectivity index (χ2v) is 7.19. The van der Waals surface area contributed by atoms with E-state index in [4.69, 9.17) is 0 Å². The normalized spacial score (nSPS) is 30.8. The summed E-state index contributed by atoms with van der Waals surface area (Å²) in [5.41, 5.74) is 3.83. The van der Waals surface area contributed by atoms with E-state index in [9.17, 15) is 9.59 Å². The lowest BCUT2D eigenvalue weighted by molar-refractivity contribution is -0.126. The number of fused-ring (bicyclic) bond motifs is 4. The van der Waals surface area contributed by atoms with Crippen molar-refractivity contribution in [2.75, 3.05) is 6.54 Å². The van der Waals surface area contributed by atoms with Crippen LogP contribution in [0.4, 0.5) is 0 Å². The minimum atomic E-state index is -0.290. The summed E-state index contributed by atoms with van der Waals surface area (Å²) in [6.45, 7) is 5.17. The Morgan fingerprint density at radius 2 is 1.91 bits per heavy atom. The van der Waals surface area contributed by atoms with E-state index in [2.05, 4.69) is 43.0 Å². The van der Waals surface area contributed by atoms with Gasteiger partial charge >= 0.3 is 0 Å². The van der Waals surface area contributed by atoms with Crippen molar-refractivity contribution < 1.29 is 9.59 Å². The maximum Gasteiger partial charge on any atom is 0.170 e. The predicted molar refractivity (Wildman–Crippen MR) is 84.3 cm³/mol. The molecule has 3 nitrogen and oxygen atoms in total. The lowest BCUT2D eigenvalue weighted by Crippen LogP contribution is -2.54. The Morgan fingerprint density at radius 3 is 2.73 bits per heavy atom. The van der Waals surface area contributed by atoms with Crippen LogP contribution in [0.1, 0.15) is 44.2 Å². The van der Waals surface area contributed by atoms with Gasteiger partial charge in [0.15, 0.2) is 11.6 Å². The fraction of sp³-hybridized carbons (Fsp3) is 0.474. The van der Waals surface area contributed by atoms with Crippen molar-refractivity contribution in [2.24, 2.45) is 5.92 Å². The summed E-state index contributed by atoms with van der Waals surface area (Å²) in [6, 6.07) is 8.44. The molecule has 0 unspecified atom stereocenters. The summed E-state index contributed by atoms with van der Waals surface area (Å²) in [6.07, 6.45) is 2.78. The SMILES string of the molecule is C[C@@H]1CC(=O)C2=C(C1)N1CCc3ccccc3[C@@]1(C)CC2=O. The molecule has 1 aromatic carbocycles. The highest BCUT2D eigenvalue weighted by atomic mass is 16.1. The molecule has 0 spiro atoms. The zero-order chi connectivity index (χ0) is 15.5. The van der Waals surface area contributed by atoms with Crippen LogP contribution in [0.5, 0.6) is 0 Å². The number of carbonyl (C=O) groups excluding carboxylic acids is 2. The summed E-state index contributed by atoms with van der Waals surface area (Å²) < 4.78 is 0. The van der Waals surface area contributed by atoms with Gasteiger partial charge in [0.2, 0.25) is 0 Å². The minimum absolute atomic E-state index is 0.0438. The van der Waals surface area contributed by atoms with Crippen LogP contribution in [0.15, 0.2) is 35.5 Å². The Balaban J connectivity index is 1.89. The van der Waals surface area contributed by atoms with E-state index >= 15 is 0 Å². The second-order valence-electron chi connectivity index (χ2n) is 7.19. The molecule has 4 rings (SSSR count). The highest BCUT2D eigenvalue weighted by Gasteiger charge is 2.48. The first-order valence-corrected chi connectivity index (χ1v) is 8.16. The summed E-state index contributed by atoms with van der Waals surface area (Å²) >= 11 is 0. The fourth-order valence-electron chi connectivity index (χ4n) is 4.56. The number of hydrogen-bond acceptors (Lipinski definition) is 3. The molecule has 0 amide bonds. The molecule has 0 N–H and O–H groups in total. The summed E-state index contributed by atoms with van der Waals surface area (Å²) in [4.78, 5) is 27.4. The van der Waals surface area contributed by atoms with Crippen LogP contribution in [0.3, 0.4) is 0 Å². The number of ketones is 2. The third-order valence-electron chi connectivity index (χ3n) is 5.55. The summed E-state index contributed by atoms with van der Waals surface area (Å²) in [5.74, 6) is 0.431. The molecule has 3 heteroatoms. The number of allylic oxidation sites excluding steroid dienone is 2. The number of carbonyl (C=O) groups is 2. The third kappa shape index (κ3) is 1.74. The van der Waals surface area contributed by atoms with Crippen molar-refractivity contribution in [3.8, 4) is 0 Å².